The van der Waals surface area contributed by atoms with Crippen LogP contribution in [-0.2, 0) is 27.9 Å². The Bertz CT molecular complexity index is 989. The zero-order chi connectivity index (χ0) is 39.1. The number of hydrogen-bond acceptors (Lipinski definition) is 6. The maximum atomic E-state index is 12.5. The van der Waals surface area contributed by atoms with Gasteiger partial charge in [-0.3, -0.25) is 13.8 Å². The molecule has 0 aromatic carbocycles. The summed E-state index contributed by atoms with van der Waals surface area (Å²) < 4.78 is 34.9. The zero-order valence-electron chi connectivity index (χ0n) is 35.0. The van der Waals surface area contributed by atoms with Crippen LogP contribution in [-0.4, -0.2) is 75.6 Å². The van der Waals surface area contributed by atoms with Gasteiger partial charge in [-0.2, -0.15) is 0 Å². The number of phosphoric ester groups is 1. The third-order valence-corrected chi connectivity index (χ3v) is 9.92. The topological polar surface area (TPSA) is 91.3 Å². The number of phosphoric acid groups is 1. The predicted octanol–water partition coefficient (Wildman–Crippen LogP) is 12.4. The largest absolute Gasteiger partial charge is 0.472 e. The molecule has 9 heteroatoms. The number of ether oxygens (including phenoxy) is 2. The van der Waals surface area contributed by atoms with Crippen molar-refractivity contribution in [3.05, 3.63) is 48.6 Å². The van der Waals surface area contributed by atoms with E-state index in [0.717, 1.165) is 38.5 Å². The zero-order valence-corrected chi connectivity index (χ0v) is 35.9. The lowest BCUT2D eigenvalue weighted by molar-refractivity contribution is -0.870. The van der Waals surface area contributed by atoms with E-state index in [0.29, 0.717) is 30.5 Å². The SMILES string of the molecule is CCCCC/C=C\C/C=C\C/C=C\C/C=C\CCCC(=O)OC[C@H](COP(=O)(O)OCC[N+](C)(C)C)OCCCCCCCCCCCCCCCC. The molecule has 1 unspecified atom stereocenters. The first-order valence-electron chi connectivity index (χ1n) is 21.4. The molecular weight excluding hydrogens is 685 g/mol. The second-order valence-corrected chi connectivity index (χ2v) is 16.8. The van der Waals surface area contributed by atoms with Crippen molar-refractivity contribution in [2.45, 2.75) is 174 Å². The molecule has 0 spiro atoms. The van der Waals surface area contributed by atoms with E-state index in [-0.39, 0.29) is 25.8 Å². The van der Waals surface area contributed by atoms with Crippen LogP contribution >= 0.6 is 7.82 Å². The van der Waals surface area contributed by atoms with E-state index in [4.69, 9.17) is 18.5 Å². The fraction of sp³-hybridized carbons (Fsp3) is 0.795. The molecule has 0 saturated carbocycles. The molecule has 8 nitrogen and oxygen atoms in total. The normalized spacial score (nSPS) is 14.3. The van der Waals surface area contributed by atoms with Crippen molar-refractivity contribution in [2.75, 3.05) is 54.1 Å². The molecule has 0 aromatic rings. The van der Waals surface area contributed by atoms with Crippen LogP contribution in [0.2, 0.25) is 0 Å². The molecule has 0 aliphatic carbocycles. The van der Waals surface area contributed by atoms with Crippen LogP contribution in [0.4, 0.5) is 0 Å². The average Bonchev–Trinajstić information content (AvgIpc) is 3.11. The number of unbranched alkanes of at least 4 members (excludes halogenated alkanes) is 17. The van der Waals surface area contributed by atoms with Gasteiger partial charge in [-0.05, 0) is 51.4 Å². The lowest BCUT2D eigenvalue weighted by atomic mass is 10.0. The molecule has 0 amide bonds. The summed E-state index contributed by atoms with van der Waals surface area (Å²) in [6.45, 7) is 5.42. The summed E-state index contributed by atoms with van der Waals surface area (Å²) in [7, 11) is 1.68. The molecule has 0 heterocycles. The molecule has 0 saturated heterocycles. The fourth-order valence-electron chi connectivity index (χ4n) is 5.52. The van der Waals surface area contributed by atoms with Gasteiger partial charge in [-0.1, -0.05) is 159 Å². The summed E-state index contributed by atoms with van der Waals surface area (Å²) >= 11 is 0. The second-order valence-electron chi connectivity index (χ2n) is 15.4. The van der Waals surface area contributed by atoms with Crippen molar-refractivity contribution >= 4 is 13.8 Å². The van der Waals surface area contributed by atoms with Gasteiger partial charge in [0.2, 0.25) is 0 Å². The van der Waals surface area contributed by atoms with Crippen LogP contribution in [0.5, 0.6) is 0 Å². The number of nitrogens with zero attached hydrogens (tertiary/aromatic N) is 1. The predicted molar refractivity (Wildman–Crippen MR) is 224 cm³/mol. The van der Waals surface area contributed by atoms with Crippen molar-refractivity contribution in [3.63, 3.8) is 0 Å². The highest BCUT2D eigenvalue weighted by molar-refractivity contribution is 7.47. The molecule has 0 rings (SSSR count). The van der Waals surface area contributed by atoms with E-state index in [9.17, 15) is 14.3 Å². The summed E-state index contributed by atoms with van der Waals surface area (Å²) in [5.74, 6) is -0.308. The third kappa shape index (κ3) is 41.5. The Hall–Kier alpha value is -1.54. The molecular formula is C44H83NO7P+. The summed E-state index contributed by atoms with van der Waals surface area (Å²) in [4.78, 5) is 22.6. The summed E-state index contributed by atoms with van der Waals surface area (Å²) in [5.41, 5.74) is 0. The van der Waals surface area contributed by atoms with E-state index < -0.39 is 13.9 Å². The number of rotatable bonds is 39. The molecule has 0 bridgehead atoms. The number of carbonyl (C=O) groups excluding carboxylic acids is 1. The third-order valence-electron chi connectivity index (χ3n) is 8.93. The van der Waals surface area contributed by atoms with E-state index in [2.05, 4.69) is 62.5 Å². The van der Waals surface area contributed by atoms with Crippen LogP contribution in [0, 0.1) is 0 Å². The summed E-state index contributed by atoms with van der Waals surface area (Å²) in [5, 5.41) is 0. The van der Waals surface area contributed by atoms with Crippen LogP contribution in [0.3, 0.4) is 0 Å². The lowest BCUT2D eigenvalue weighted by Crippen LogP contribution is -2.37. The minimum atomic E-state index is -4.25. The Balaban J connectivity index is 4.34. The van der Waals surface area contributed by atoms with Gasteiger partial charge in [0.15, 0.2) is 0 Å². The van der Waals surface area contributed by atoms with Crippen molar-refractivity contribution in [1.82, 2.24) is 0 Å². The number of esters is 1. The smallest absolute Gasteiger partial charge is 0.463 e. The van der Waals surface area contributed by atoms with E-state index in [1.165, 1.54) is 103 Å². The average molecular weight is 769 g/mol. The van der Waals surface area contributed by atoms with Crippen LogP contribution in [0.1, 0.15) is 168 Å². The number of quaternary nitrogens is 1. The highest BCUT2D eigenvalue weighted by Crippen LogP contribution is 2.43. The highest BCUT2D eigenvalue weighted by atomic mass is 31.2. The van der Waals surface area contributed by atoms with E-state index >= 15 is 0 Å². The monoisotopic (exact) mass is 769 g/mol. The van der Waals surface area contributed by atoms with Gasteiger partial charge < -0.3 is 18.9 Å². The number of likely N-dealkylation sites (N-methyl/N-ethyl adjacent to an activating group) is 1. The molecule has 2 atom stereocenters. The maximum absolute atomic E-state index is 12.5. The van der Waals surface area contributed by atoms with Crippen LogP contribution in [0.15, 0.2) is 48.6 Å². The van der Waals surface area contributed by atoms with Gasteiger partial charge in [-0.15, -0.1) is 0 Å². The Morgan fingerprint density at radius 3 is 1.55 bits per heavy atom. The Morgan fingerprint density at radius 1 is 0.585 bits per heavy atom. The quantitative estimate of drug-likeness (QED) is 0.0219. The minimum Gasteiger partial charge on any atom is -0.463 e. The first-order chi connectivity index (χ1) is 25.6. The van der Waals surface area contributed by atoms with Gasteiger partial charge in [0, 0.05) is 13.0 Å². The first kappa shape index (κ1) is 51.5. The molecule has 0 aliphatic rings. The van der Waals surface area contributed by atoms with Gasteiger partial charge in [0.1, 0.15) is 25.9 Å². The van der Waals surface area contributed by atoms with Crippen molar-refractivity contribution in [1.29, 1.82) is 0 Å². The summed E-state index contributed by atoms with van der Waals surface area (Å²) in [6, 6.07) is 0. The second kappa shape index (κ2) is 37.4. The maximum Gasteiger partial charge on any atom is 0.472 e. The van der Waals surface area contributed by atoms with Gasteiger partial charge >= 0.3 is 13.8 Å². The first-order valence-corrected chi connectivity index (χ1v) is 22.9. The Labute approximate surface area is 327 Å². The van der Waals surface area contributed by atoms with Crippen LogP contribution in [0.25, 0.3) is 0 Å². The fourth-order valence-corrected chi connectivity index (χ4v) is 6.26. The molecule has 0 aromatic heterocycles. The molecule has 0 aliphatic heterocycles. The van der Waals surface area contributed by atoms with Crippen molar-refractivity contribution < 1.29 is 37.3 Å². The van der Waals surface area contributed by atoms with Crippen molar-refractivity contribution in [2.24, 2.45) is 0 Å². The molecule has 1 N–H and O–H groups in total. The Kier molecular flexibility index (Phi) is 36.3. The van der Waals surface area contributed by atoms with Gasteiger partial charge in [-0.25, -0.2) is 4.57 Å². The standard InChI is InChI=1S/C44H82NO7P/c1-6-8-10-12-14-16-18-20-22-23-24-25-27-29-31-33-35-37-44(46)50-41-43(42-52-53(47,48)51-40-38-45(3,4)5)49-39-36-34-32-30-28-26-21-19-17-15-13-11-9-7-2/h14,16,20,22,24-25,29,31,43H,6-13,15,17-19,21,23,26-28,30,32-42H2,1-5H3/p+1/b16-14-,22-20-,25-24-,31-29-/t43-/m1/s1. The Morgan fingerprint density at radius 2 is 1.04 bits per heavy atom. The highest BCUT2D eigenvalue weighted by Gasteiger charge is 2.25. The molecule has 53 heavy (non-hydrogen) atoms. The molecule has 0 fully saturated rings. The van der Waals surface area contributed by atoms with E-state index in [1.54, 1.807) is 0 Å². The number of carbonyl (C=O) groups is 1. The van der Waals surface area contributed by atoms with E-state index in [1.807, 2.05) is 21.1 Å². The van der Waals surface area contributed by atoms with Gasteiger partial charge in [0.05, 0.1) is 27.7 Å². The number of allylic oxidation sites excluding steroid dienone is 8. The van der Waals surface area contributed by atoms with Gasteiger partial charge in [0.25, 0.3) is 0 Å². The van der Waals surface area contributed by atoms with Crippen LogP contribution < -0.4 is 0 Å². The number of hydrogen-bond donors (Lipinski definition) is 1. The summed E-state index contributed by atoms with van der Waals surface area (Å²) in [6.07, 6.45) is 44.4. The lowest BCUT2D eigenvalue weighted by Gasteiger charge is -2.24. The molecule has 0 radical (unpaired) electrons. The van der Waals surface area contributed by atoms with Crippen molar-refractivity contribution in [3.8, 4) is 0 Å². The minimum absolute atomic E-state index is 0.0271. The molecule has 310 valence electrons.